The van der Waals surface area contributed by atoms with Crippen molar-refractivity contribution < 1.29 is 28.5 Å². The Hall–Kier alpha value is -3.33. The van der Waals surface area contributed by atoms with Gasteiger partial charge in [-0.2, -0.15) is 10.2 Å². The van der Waals surface area contributed by atoms with Crippen molar-refractivity contribution in [1.29, 1.82) is 0 Å². The highest BCUT2D eigenvalue weighted by Gasteiger charge is 2.25. The molecule has 0 saturated carbocycles. The second kappa shape index (κ2) is 11.9. The van der Waals surface area contributed by atoms with Gasteiger partial charge in [0.2, 0.25) is 6.04 Å². The molecule has 0 aromatic heterocycles. The van der Waals surface area contributed by atoms with E-state index in [0.717, 1.165) is 0 Å². The number of carbonyl (C=O) groups excluding carboxylic acids is 2. The molecule has 172 valence electrons. The number of ketones is 1. The molecule has 10 heteroatoms. The van der Waals surface area contributed by atoms with Gasteiger partial charge in [0.05, 0.1) is 38.8 Å². The number of nitrogens with zero attached hydrogens (tertiary/aromatic N) is 2. The molecule has 0 aliphatic carbocycles. The first-order chi connectivity index (χ1) is 15.3. The van der Waals surface area contributed by atoms with Crippen molar-refractivity contribution in [1.82, 2.24) is 0 Å². The highest BCUT2D eigenvalue weighted by molar-refractivity contribution is 6.31. The minimum atomic E-state index is -1.39. The summed E-state index contributed by atoms with van der Waals surface area (Å²) in [5.41, 5.74) is 0.612. The van der Waals surface area contributed by atoms with Crippen molar-refractivity contribution in [2.24, 2.45) is 10.2 Å². The van der Waals surface area contributed by atoms with Gasteiger partial charge in [0.1, 0.15) is 11.5 Å². The second-order valence-corrected chi connectivity index (χ2v) is 6.87. The Kier molecular flexibility index (Phi) is 9.27. The number of hydrogen-bond acceptors (Lipinski definition) is 8. The van der Waals surface area contributed by atoms with Crippen LogP contribution in [0.2, 0.25) is 5.02 Å². The van der Waals surface area contributed by atoms with Gasteiger partial charge in [-0.1, -0.05) is 11.6 Å². The molecular weight excluding hydrogens is 438 g/mol. The van der Waals surface area contributed by atoms with Gasteiger partial charge in [0.15, 0.2) is 17.3 Å². The van der Waals surface area contributed by atoms with Crippen LogP contribution >= 0.6 is 11.6 Å². The third kappa shape index (κ3) is 6.58. The summed E-state index contributed by atoms with van der Waals surface area (Å²) >= 11 is 6.09. The van der Waals surface area contributed by atoms with Crippen LogP contribution in [0.4, 0.5) is 11.4 Å². The highest BCUT2D eigenvalue weighted by Crippen LogP contribution is 2.38. The summed E-state index contributed by atoms with van der Waals surface area (Å²) in [6.45, 7) is 5.86. The van der Waals surface area contributed by atoms with Crippen LogP contribution in [0.25, 0.3) is 0 Å². The van der Waals surface area contributed by atoms with Crippen LogP contribution < -0.4 is 24.3 Å². The number of amides is 1. The maximum absolute atomic E-state index is 12.8. The number of methoxy groups -OCH3 is 2. The largest absolute Gasteiger partial charge is 0.494 e. The molecule has 1 amide bonds. The molecule has 0 radical (unpaired) electrons. The van der Waals surface area contributed by atoms with Crippen molar-refractivity contribution in [3.8, 4) is 23.0 Å². The first kappa shape index (κ1) is 24.9. The summed E-state index contributed by atoms with van der Waals surface area (Å²) in [5, 5.41) is 11.0. The number of benzene rings is 2. The molecule has 1 atom stereocenters. The Morgan fingerprint density at radius 3 is 2.12 bits per heavy atom. The molecule has 1 N–H and O–H groups in total. The van der Waals surface area contributed by atoms with Gasteiger partial charge in [-0.3, -0.25) is 9.59 Å². The summed E-state index contributed by atoms with van der Waals surface area (Å²) in [7, 11) is 2.87. The van der Waals surface area contributed by atoms with Crippen molar-refractivity contribution in [3.05, 3.63) is 35.4 Å². The molecule has 0 spiro atoms. The van der Waals surface area contributed by atoms with Crippen LogP contribution in [-0.2, 0) is 9.59 Å². The van der Waals surface area contributed by atoms with Crippen LogP contribution in [0.1, 0.15) is 20.8 Å². The lowest BCUT2D eigenvalue weighted by atomic mass is 10.2. The molecule has 0 fully saturated rings. The van der Waals surface area contributed by atoms with Crippen molar-refractivity contribution >= 4 is 34.7 Å². The van der Waals surface area contributed by atoms with E-state index >= 15 is 0 Å². The Morgan fingerprint density at radius 2 is 1.62 bits per heavy atom. The number of carbonyl (C=O) groups is 2. The van der Waals surface area contributed by atoms with Gasteiger partial charge in [-0.15, -0.1) is 0 Å². The van der Waals surface area contributed by atoms with Gasteiger partial charge < -0.3 is 24.3 Å². The lowest BCUT2D eigenvalue weighted by molar-refractivity contribution is -0.126. The number of anilines is 1. The number of Topliss-reactive ketones (excluding diaryl/α,β-unsaturated/α-hetero) is 1. The normalized spacial score (nSPS) is 11.7. The zero-order valence-corrected chi connectivity index (χ0v) is 19.4. The van der Waals surface area contributed by atoms with Crippen LogP contribution in [0.3, 0.4) is 0 Å². The fraction of sp³-hybridized carbons (Fsp3) is 0.364. The molecule has 0 heterocycles. The number of hydrogen-bond donors (Lipinski definition) is 1. The van der Waals surface area contributed by atoms with Gasteiger partial charge in [0, 0.05) is 29.3 Å². The van der Waals surface area contributed by atoms with Crippen LogP contribution in [-0.4, -0.2) is 45.2 Å². The molecule has 2 aromatic carbocycles. The van der Waals surface area contributed by atoms with Gasteiger partial charge >= 0.3 is 0 Å². The van der Waals surface area contributed by atoms with E-state index in [0.29, 0.717) is 41.2 Å². The first-order valence-electron chi connectivity index (χ1n) is 9.87. The Bertz CT molecular complexity index is 972. The van der Waals surface area contributed by atoms with E-state index in [1.54, 1.807) is 24.3 Å². The molecular formula is C22H26ClN3O6. The predicted octanol–water partition coefficient (Wildman–Crippen LogP) is 4.83. The molecule has 0 bridgehead atoms. The lowest BCUT2D eigenvalue weighted by Crippen LogP contribution is -2.32. The Balaban J connectivity index is 2.32. The fourth-order valence-electron chi connectivity index (χ4n) is 2.78. The van der Waals surface area contributed by atoms with Gasteiger partial charge in [0.25, 0.3) is 5.91 Å². The van der Waals surface area contributed by atoms with E-state index in [-0.39, 0.29) is 11.4 Å². The zero-order chi connectivity index (χ0) is 23.7. The quantitative estimate of drug-likeness (QED) is 0.377. The molecule has 0 aliphatic rings. The van der Waals surface area contributed by atoms with E-state index in [9.17, 15) is 9.59 Å². The number of nitrogens with one attached hydrogen (secondary N) is 1. The van der Waals surface area contributed by atoms with Crippen molar-refractivity contribution in [2.45, 2.75) is 26.8 Å². The average molecular weight is 464 g/mol. The standard InChI is InChI=1S/C22H26ClN3O6/c1-6-31-16-10-15(11-17(12-16)32-7-2)25-26-20(13(3)27)22(28)24-18-8-14(23)9-19(29-4)21(18)30-5/h8-12,20H,6-7H2,1-5H3,(H,24,28). The van der Waals surface area contributed by atoms with Crippen LogP contribution in [0.15, 0.2) is 40.6 Å². The van der Waals surface area contributed by atoms with Crippen LogP contribution in [0.5, 0.6) is 23.0 Å². The third-order valence-electron chi connectivity index (χ3n) is 4.11. The molecule has 0 saturated heterocycles. The maximum atomic E-state index is 12.8. The highest BCUT2D eigenvalue weighted by atomic mass is 35.5. The summed E-state index contributed by atoms with van der Waals surface area (Å²) in [4.78, 5) is 25.0. The summed E-state index contributed by atoms with van der Waals surface area (Å²) in [6, 6.07) is 6.62. The molecule has 9 nitrogen and oxygen atoms in total. The third-order valence-corrected chi connectivity index (χ3v) is 4.33. The zero-order valence-electron chi connectivity index (χ0n) is 18.6. The van der Waals surface area contributed by atoms with E-state index in [1.807, 2.05) is 13.8 Å². The van der Waals surface area contributed by atoms with E-state index in [4.69, 9.17) is 30.5 Å². The van der Waals surface area contributed by atoms with E-state index in [1.165, 1.54) is 27.2 Å². The van der Waals surface area contributed by atoms with E-state index in [2.05, 4.69) is 15.5 Å². The summed E-state index contributed by atoms with van der Waals surface area (Å²) in [5.74, 6) is 0.460. The van der Waals surface area contributed by atoms with Crippen LogP contribution in [0, 0.1) is 0 Å². The fourth-order valence-corrected chi connectivity index (χ4v) is 2.99. The number of halogens is 1. The smallest absolute Gasteiger partial charge is 0.258 e. The average Bonchev–Trinajstić information content (AvgIpc) is 2.73. The molecule has 2 aromatic rings. The molecule has 0 aliphatic heterocycles. The molecule has 2 rings (SSSR count). The molecule has 1 unspecified atom stereocenters. The first-order valence-corrected chi connectivity index (χ1v) is 10.2. The number of azo groups is 1. The number of ether oxygens (including phenoxy) is 4. The topological polar surface area (TPSA) is 108 Å². The van der Waals surface area contributed by atoms with Crippen molar-refractivity contribution in [3.63, 3.8) is 0 Å². The number of rotatable bonds is 11. The SMILES string of the molecule is CCOc1cc(N=NC(C(C)=O)C(=O)Nc2cc(Cl)cc(OC)c2OC)cc(OCC)c1. The summed E-state index contributed by atoms with van der Waals surface area (Å²) in [6.07, 6.45) is 0. The summed E-state index contributed by atoms with van der Waals surface area (Å²) < 4.78 is 21.5. The Labute approximate surface area is 191 Å². The molecule has 32 heavy (non-hydrogen) atoms. The minimum absolute atomic E-state index is 0.236. The van der Waals surface area contributed by atoms with E-state index < -0.39 is 17.7 Å². The second-order valence-electron chi connectivity index (χ2n) is 6.44. The Morgan fingerprint density at radius 1 is 1.00 bits per heavy atom. The van der Waals surface area contributed by atoms with Gasteiger partial charge in [-0.05, 0) is 26.8 Å². The minimum Gasteiger partial charge on any atom is -0.494 e. The predicted molar refractivity (Wildman–Crippen MR) is 121 cm³/mol. The monoisotopic (exact) mass is 463 g/mol. The lowest BCUT2D eigenvalue weighted by Gasteiger charge is -2.15. The maximum Gasteiger partial charge on any atom is 0.258 e. The van der Waals surface area contributed by atoms with Crippen molar-refractivity contribution in [2.75, 3.05) is 32.8 Å². The van der Waals surface area contributed by atoms with Gasteiger partial charge in [-0.25, -0.2) is 0 Å².